The molecule has 1 aliphatic rings. The van der Waals surface area contributed by atoms with E-state index in [1.807, 2.05) is 18.2 Å². The summed E-state index contributed by atoms with van der Waals surface area (Å²) in [5.41, 5.74) is 4.12. The van der Waals surface area contributed by atoms with Gasteiger partial charge in [-0.3, -0.25) is 4.79 Å². The second-order valence-corrected chi connectivity index (χ2v) is 6.21. The first-order valence-corrected chi connectivity index (χ1v) is 7.40. The lowest BCUT2D eigenvalue weighted by Gasteiger charge is -2.26. The summed E-state index contributed by atoms with van der Waals surface area (Å²) in [6, 6.07) is 11.9. The summed E-state index contributed by atoms with van der Waals surface area (Å²) >= 11 is 3.39. The van der Waals surface area contributed by atoms with Crippen LogP contribution in [0.15, 0.2) is 40.9 Å². The highest BCUT2D eigenvalue weighted by atomic mass is 79.9. The van der Waals surface area contributed by atoms with Crippen LogP contribution >= 0.6 is 15.9 Å². The molecule has 0 saturated heterocycles. The smallest absolute Gasteiger partial charge is 0.170 e. The Morgan fingerprint density at radius 3 is 2.50 bits per heavy atom. The third-order valence-electron chi connectivity index (χ3n) is 3.50. The predicted molar refractivity (Wildman–Crippen MR) is 82.4 cm³/mol. The minimum absolute atomic E-state index is 0.136. The summed E-state index contributed by atoms with van der Waals surface area (Å²) in [5.74, 6) is 0.810. The molecule has 2 nitrogen and oxygen atoms in total. The summed E-state index contributed by atoms with van der Waals surface area (Å²) < 4.78 is 6.91. The second-order valence-electron chi connectivity index (χ2n) is 5.30. The van der Waals surface area contributed by atoms with E-state index in [9.17, 15) is 4.79 Å². The molecule has 1 unspecified atom stereocenters. The van der Waals surface area contributed by atoms with Crippen molar-refractivity contribution in [3.63, 3.8) is 0 Å². The number of ether oxygens (including phenoxy) is 1. The van der Waals surface area contributed by atoms with E-state index < -0.39 is 0 Å². The lowest BCUT2D eigenvalue weighted by atomic mass is 9.94. The number of aryl methyl sites for hydroxylation is 2. The van der Waals surface area contributed by atoms with Crippen LogP contribution in [0.1, 0.15) is 39.6 Å². The normalized spacial score (nSPS) is 17.6. The van der Waals surface area contributed by atoms with Crippen LogP contribution in [0, 0.1) is 13.8 Å². The van der Waals surface area contributed by atoms with Crippen LogP contribution in [-0.4, -0.2) is 5.78 Å². The van der Waals surface area contributed by atoms with Gasteiger partial charge in [0.2, 0.25) is 0 Å². The molecule has 0 bridgehead atoms. The molecule has 2 aromatic rings. The first-order valence-electron chi connectivity index (χ1n) is 6.60. The lowest BCUT2D eigenvalue weighted by Crippen LogP contribution is -2.20. The zero-order valence-corrected chi connectivity index (χ0v) is 13.0. The van der Waals surface area contributed by atoms with Crippen molar-refractivity contribution in [2.45, 2.75) is 26.4 Å². The van der Waals surface area contributed by atoms with Gasteiger partial charge in [-0.15, -0.1) is 0 Å². The largest absolute Gasteiger partial charge is 0.484 e. The van der Waals surface area contributed by atoms with Crippen molar-refractivity contribution in [1.29, 1.82) is 0 Å². The molecule has 20 heavy (non-hydrogen) atoms. The number of ketones is 1. The molecule has 0 fully saturated rings. The summed E-state index contributed by atoms with van der Waals surface area (Å²) in [4.78, 5) is 12.3. The topological polar surface area (TPSA) is 26.3 Å². The number of rotatable bonds is 1. The van der Waals surface area contributed by atoms with Crippen LogP contribution in [0.5, 0.6) is 5.75 Å². The molecule has 2 aromatic carbocycles. The SMILES string of the molecule is Cc1cc(C)cc(C2CC(=O)c3cc(Br)ccc3O2)c1. The van der Waals surface area contributed by atoms with Crippen LogP contribution in [0.3, 0.4) is 0 Å². The number of halogens is 1. The van der Waals surface area contributed by atoms with E-state index in [4.69, 9.17) is 4.74 Å². The molecular weight excluding hydrogens is 316 g/mol. The zero-order chi connectivity index (χ0) is 14.3. The Labute approximate surface area is 126 Å². The minimum Gasteiger partial charge on any atom is -0.484 e. The Morgan fingerprint density at radius 1 is 1.10 bits per heavy atom. The van der Waals surface area contributed by atoms with Gasteiger partial charge in [0, 0.05) is 4.47 Å². The van der Waals surface area contributed by atoms with Crippen LogP contribution in [-0.2, 0) is 0 Å². The van der Waals surface area contributed by atoms with Crippen LogP contribution < -0.4 is 4.74 Å². The first kappa shape index (κ1) is 13.4. The summed E-state index contributed by atoms with van der Waals surface area (Å²) in [6.07, 6.45) is 0.210. The van der Waals surface area contributed by atoms with Crippen LogP contribution in [0.2, 0.25) is 0 Å². The van der Waals surface area contributed by atoms with Crippen molar-refractivity contribution in [2.24, 2.45) is 0 Å². The van der Waals surface area contributed by atoms with Gasteiger partial charge in [-0.05, 0) is 37.6 Å². The zero-order valence-electron chi connectivity index (χ0n) is 11.4. The standard InChI is InChI=1S/C17H15BrO2/c1-10-5-11(2)7-12(6-10)17-9-15(19)14-8-13(18)3-4-16(14)20-17/h3-8,17H,9H2,1-2H3. The predicted octanol–water partition coefficient (Wildman–Crippen LogP) is 4.77. The highest BCUT2D eigenvalue weighted by Crippen LogP contribution is 2.36. The monoisotopic (exact) mass is 330 g/mol. The van der Waals surface area contributed by atoms with Crippen molar-refractivity contribution in [1.82, 2.24) is 0 Å². The van der Waals surface area contributed by atoms with E-state index in [1.165, 1.54) is 11.1 Å². The molecule has 3 rings (SSSR count). The highest BCUT2D eigenvalue weighted by molar-refractivity contribution is 9.10. The molecule has 0 N–H and O–H groups in total. The van der Waals surface area contributed by atoms with Crippen molar-refractivity contribution in [2.75, 3.05) is 0 Å². The number of Topliss-reactive ketones (excluding diaryl/α,β-unsaturated/α-hetero) is 1. The maximum Gasteiger partial charge on any atom is 0.170 e. The molecular formula is C17H15BrO2. The first-order chi connectivity index (χ1) is 9.52. The molecule has 0 aliphatic carbocycles. The number of hydrogen-bond donors (Lipinski definition) is 0. The van der Waals surface area contributed by atoms with Crippen molar-refractivity contribution < 1.29 is 9.53 Å². The van der Waals surface area contributed by atoms with Crippen LogP contribution in [0.25, 0.3) is 0 Å². The maximum absolute atomic E-state index is 12.3. The maximum atomic E-state index is 12.3. The van der Waals surface area contributed by atoms with Gasteiger partial charge in [0.1, 0.15) is 11.9 Å². The Morgan fingerprint density at radius 2 is 1.80 bits per heavy atom. The Balaban J connectivity index is 1.99. The number of benzene rings is 2. The van der Waals surface area contributed by atoms with Crippen molar-refractivity contribution in [3.05, 3.63) is 63.1 Å². The van der Waals surface area contributed by atoms with Crippen molar-refractivity contribution in [3.8, 4) is 5.75 Å². The molecule has 1 atom stereocenters. The molecule has 0 saturated carbocycles. The number of hydrogen-bond acceptors (Lipinski definition) is 2. The molecule has 0 aromatic heterocycles. The summed E-state index contributed by atoms with van der Waals surface area (Å²) in [5, 5.41) is 0. The van der Waals surface area contributed by atoms with Gasteiger partial charge in [-0.25, -0.2) is 0 Å². The van der Waals surface area contributed by atoms with E-state index in [-0.39, 0.29) is 11.9 Å². The van der Waals surface area contributed by atoms with Gasteiger partial charge < -0.3 is 4.74 Å². The molecule has 1 heterocycles. The Hall–Kier alpha value is -1.61. The highest BCUT2D eigenvalue weighted by Gasteiger charge is 2.27. The van der Waals surface area contributed by atoms with Crippen LogP contribution in [0.4, 0.5) is 0 Å². The third-order valence-corrected chi connectivity index (χ3v) is 3.99. The summed E-state index contributed by atoms with van der Waals surface area (Å²) in [6.45, 7) is 4.12. The number of carbonyl (C=O) groups excluding carboxylic acids is 1. The van der Waals surface area contributed by atoms with E-state index in [0.29, 0.717) is 17.7 Å². The average Bonchev–Trinajstić information content (AvgIpc) is 2.38. The van der Waals surface area contributed by atoms with Gasteiger partial charge in [0.25, 0.3) is 0 Å². The molecule has 0 amide bonds. The van der Waals surface area contributed by atoms with Gasteiger partial charge in [0.05, 0.1) is 12.0 Å². The minimum atomic E-state index is -0.185. The number of carbonyl (C=O) groups is 1. The fourth-order valence-electron chi connectivity index (χ4n) is 2.68. The van der Waals surface area contributed by atoms with Crippen molar-refractivity contribution >= 4 is 21.7 Å². The van der Waals surface area contributed by atoms with E-state index in [1.54, 1.807) is 0 Å². The van der Waals surface area contributed by atoms with Gasteiger partial charge in [0.15, 0.2) is 5.78 Å². The van der Waals surface area contributed by atoms with E-state index in [2.05, 4.69) is 48.0 Å². The molecule has 1 aliphatic heterocycles. The number of fused-ring (bicyclic) bond motifs is 1. The van der Waals surface area contributed by atoms with E-state index >= 15 is 0 Å². The Bertz CT molecular complexity index is 671. The quantitative estimate of drug-likeness (QED) is 0.752. The van der Waals surface area contributed by atoms with Gasteiger partial charge in [-0.2, -0.15) is 0 Å². The van der Waals surface area contributed by atoms with Gasteiger partial charge in [-0.1, -0.05) is 45.3 Å². The molecule has 0 spiro atoms. The summed E-state index contributed by atoms with van der Waals surface area (Å²) in [7, 11) is 0. The average molecular weight is 331 g/mol. The molecule has 0 radical (unpaired) electrons. The van der Waals surface area contributed by atoms with E-state index in [0.717, 1.165) is 10.0 Å². The third kappa shape index (κ3) is 2.50. The fourth-order valence-corrected chi connectivity index (χ4v) is 3.04. The molecule has 102 valence electrons. The second kappa shape index (κ2) is 5.06. The van der Waals surface area contributed by atoms with Gasteiger partial charge >= 0.3 is 0 Å². The molecule has 3 heteroatoms. The lowest BCUT2D eigenvalue weighted by molar-refractivity contribution is 0.0850. The Kier molecular flexibility index (Phi) is 3.38. The fraction of sp³-hybridized carbons (Fsp3) is 0.235.